The fourth-order valence-corrected chi connectivity index (χ4v) is 6.35. The highest BCUT2D eigenvalue weighted by atomic mass is 32.2. The maximum absolute atomic E-state index is 12.6. The quantitative estimate of drug-likeness (QED) is 0.633. The number of anilines is 2. The number of nitrogens with one attached hydrogen (secondary N) is 2. The predicted molar refractivity (Wildman–Crippen MR) is 111 cm³/mol. The van der Waals surface area contributed by atoms with E-state index in [9.17, 15) is 26.4 Å². The average molecular weight is 471 g/mol. The maximum Gasteiger partial charge on any atom is 0.247 e. The van der Waals surface area contributed by atoms with Gasteiger partial charge in [-0.15, -0.1) is 0 Å². The minimum Gasteiger partial charge on any atom is -0.360 e. The number of carbonyl (C=O) groups excluding carboxylic acids is 2. The second-order valence-electron chi connectivity index (χ2n) is 7.86. The fraction of sp³-hybridized carbons (Fsp3) is 0.389. The van der Waals surface area contributed by atoms with Crippen LogP contribution in [0.3, 0.4) is 0 Å². The Kier molecular flexibility index (Phi) is 5.71. The monoisotopic (exact) mass is 470 g/mol. The number of carbonyl (C=O) groups is 2. The van der Waals surface area contributed by atoms with Crippen molar-refractivity contribution in [2.75, 3.05) is 15.4 Å². The zero-order valence-electron chi connectivity index (χ0n) is 17.2. The molecule has 2 heterocycles. The molecule has 0 spiro atoms. The van der Waals surface area contributed by atoms with Crippen molar-refractivity contribution >= 4 is 43.4 Å². The Hall–Kier alpha value is -2.77. The summed E-state index contributed by atoms with van der Waals surface area (Å²) in [4.78, 5) is 24.5. The van der Waals surface area contributed by atoms with Crippen LogP contribution in [0.4, 0.5) is 11.5 Å². The second kappa shape index (κ2) is 7.73. The summed E-state index contributed by atoms with van der Waals surface area (Å²) in [6.45, 7) is 6.05. The lowest BCUT2D eigenvalue weighted by molar-refractivity contribution is -0.123. The van der Waals surface area contributed by atoms with Gasteiger partial charge in [-0.1, -0.05) is 5.16 Å². The summed E-state index contributed by atoms with van der Waals surface area (Å²) in [5, 5.41) is 6.03. The average Bonchev–Trinajstić information content (AvgIpc) is 3.11. The number of aromatic nitrogens is 1. The molecular weight excluding hydrogens is 448 g/mol. The second-order valence-corrected chi connectivity index (χ2v) is 11.4. The highest BCUT2D eigenvalue weighted by Gasteiger charge is 2.49. The van der Waals surface area contributed by atoms with Crippen molar-refractivity contribution in [1.29, 1.82) is 0 Å². The zero-order valence-corrected chi connectivity index (χ0v) is 18.9. The summed E-state index contributed by atoms with van der Waals surface area (Å²) in [6.07, 6.45) is 0. The number of nitrogens with zero attached hydrogens (tertiary/aromatic N) is 2. The van der Waals surface area contributed by atoms with Gasteiger partial charge in [0.1, 0.15) is 5.76 Å². The van der Waals surface area contributed by atoms with E-state index in [1.807, 2.05) is 0 Å². The number of aryl methyl sites for hydroxylation is 1. The van der Waals surface area contributed by atoms with Crippen LogP contribution in [-0.2, 0) is 29.6 Å². The van der Waals surface area contributed by atoms with E-state index >= 15 is 0 Å². The standard InChI is InChI=1S/C18H22N4O7S2/c1-11-9-15(20-29-11)19-16(23)12(2)21-31(27,28)14-7-5-13(6-8-14)22-17(24)18(3,4)10-30(22,25)26/h5-9,12,21H,10H2,1-4H3,(H,19,20,23)/t12-/m1/s1. The number of benzene rings is 1. The number of sulfonamides is 2. The molecule has 2 N–H and O–H groups in total. The number of amides is 2. The Bertz CT molecular complexity index is 1230. The van der Waals surface area contributed by atoms with Crippen LogP contribution in [0.25, 0.3) is 0 Å². The molecule has 1 aromatic heterocycles. The third-order valence-corrected chi connectivity index (χ3v) is 8.15. The molecule has 3 rings (SSSR count). The van der Waals surface area contributed by atoms with E-state index in [0.29, 0.717) is 10.1 Å². The first-order valence-electron chi connectivity index (χ1n) is 9.17. The Morgan fingerprint density at radius 2 is 1.87 bits per heavy atom. The van der Waals surface area contributed by atoms with Gasteiger partial charge in [0, 0.05) is 6.07 Å². The molecule has 1 atom stereocenters. The van der Waals surface area contributed by atoms with Gasteiger partial charge in [-0.25, -0.2) is 21.1 Å². The van der Waals surface area contributed by atoms with Gasteiger partial charge in [0.2, 0.25) is 31.9 Å². The van der Waals surface area contributed by atoms with E-state index < -0.39 is 43.3 Å². The van der Waals surface area contributed by atoms with Crippen molar-refractivity contribution in [1.82, 2.24) is 9.88 Å². The smallest absolute Gasteiger partial charge is 0.247 e. The van der Waals surface area contributed by atoms with Gasteiger partial charge < -0.3 is 9.84 Å². The van der Waals surface area contributed by atoms with Crippen LogP contribution in [0.15, 0.2) is 39.8 Å². The normalized spacial score (nSPS) is 18.7. The van der Waals surface area contributed by atoms with Crippen molar-refractivity contribution in [3.63, 3.8) is 0 Å². The van der Waals surface area contributed by atoms with E-state index in [1.165, 1.54) is 39.0 Å². The van der Waals surface area contributed by atoms with Crippen LogP contribution in [0, 0.1) is 12.3 Å². The van der Waals surface area contributed by atoms with Gasteiger partial charge in [-0.05, 0) is 52.0 Å². The highest BCUT2D eigenvalue weighted by molar-refractivity contribution is 7.94. The third-order valence-electron chi connectivity index (χ3n) is 4.57. The van der Waals surface area contributed by atoms with Crippen LogP contribution in [0.2, 0.25) is 0 Å². The third kappa shape index (κ3) is 4.62. The van der Waals surface area contributed by atoms with Gasteiger partial charge in [0.25, 0.3) is 0 Å². The molecule has 1 aliphatic rings. The van der Waals surface area contributed by atoms with Crippen LogP contribution >= 0.6 is 0 Å². The first kappa shape index (κ1) is 22.9. The lowest BCUT2D eigenvalue weighted by atomic mass is 9.95. The summed E-state index contributed by atoms with van der Waals surface area (Å²) in [5.74, 6) is -0.945. The highest BCUT2D eigenvalue weighted by Crippen LogP contribution is 2.35. The van der Waals surface area contributed by atoms with E-state index in [4.69, 9.17) is 4.52 Å². The van der Waals surface area contributed by atoms with Crippen molar-refractivity contribution in [3.8, 4) is 0 Å². The first-order valence-corrected chi connectivity index (χ1v) is 12.3. The first-order chi connectivity index (χ1) is 14.2. The van der Waals surface area contributed by atoms with Gasteiger partial charge in [-0.3, -0.25) is 9.59 Å². The van der Waals surface area contributed by atoms with Crippen LogP contribution < -0.4 is 14.3 Å². The summed E-state index contributed by atoms with van der Waals surface area (Å²) < 4.78 is 57.7. The Morgan fingerprint density at radius 3 is 2.35 bits per heavy atom. The van der Waals surface area contributed by atoms with E-state index in [0.717, 1.165) is 12.1 Å². The molecule has 168 valence electrons. The van der Waals surface area contributed by atoms with Crippen molar-refractivity contribution in [2.45, 2.75) is 38.6 Å². The summed E-state index contributed by atoms with van der Waals surface area (Å²) in [6, 6.07) is 5.13. The predicted octanol–water partition coefficient (Wildman–Crippen LogP) is 0.991. The Balaban J connectivity index is 1.75. The van der Waals surface area contributed by atoms with Gasteiger partial charge in [-0.2, -0.15) is 4.72 Å². The summed E-state index contributed by atoms with van der Waals surface area (Å²) in [7, 11) is -7.96. The molecule has 1 aliphatic heterocycles. The molecular formula is C18H22N4O7S2. The molecule has 1 saturated heterocycles. The number of hydrogen-bond donors (Lipinski definition) is 2. The van der Waals surface area contributed by atoms with Crippen LogP contribution in [0.1, 0.15) is 26.5 Å². The van der Waals surface area contributed by atoms with E-state index in [2.05, 4.69) is 15.2 Å². The molecule has 2 amide bonds. The summed E-state index contributed by atoms with van der Waals surface area (Å²) in [5.41, 5.74) is -1.03. The van der Waals surface area contributed by atoms with Gasteiger partial charge >= 0.3 is 0 Å². The fourth-order valence-electron chi connectivity index (χ4n) is 3.04. The van der Waals surface area contributed by atoms with Crippen LogP contribution in [0.5, 0.6) is 0 Å². The molecule has 0 unspecified atom stereocenters. The molecule has 2 aromatic rings. The Morgan fingerprint density at radius 1 is 1.26 bits per heavy atom. The topological polar surface area (TPSA) is 156 Å². The minimum atomic E-state index is -4.10. The number of rotatable bonds is 6. The van der Waals surface area contributed by atoms with Gasteiger partial charge in [0.15, 0.2) is 5.82 Å². The van der Waals surface area contributed by atoms with Crippen molar-refractivity contribution < 1.29 is 30.9 Å². The molecule has 11 nitrogen and oxygen atoms in total. The van der Waals surface area contributed by atoms with Crippen LogP contribution in [-0.4, -0.2) is 45.6 Å². The number of hydrogen-bond acceptors (Lipinski definition) is 8. The lowest BCUT2D eigenvalue weighted by Crippen LogP contribution is -2.41. The van der Waals surface area contributed by atoms with Crippen molar-refractivity contribution in [2.24, 2.45) is 5.41 Å². The SMILES string of the molecule is Cc1cc(NC(=O)[C@@H](C)NS(=O)(=O)c2ccc(N3C(=O)C(C)(C)CS3(=O)=O)cc2)no1. The van der Waals surface area contributed by atoms with E-state index in [-0.39, 0.29) is 22.2 Å². The molecule has 1 fully saturated rings. The molecule has 0 radical (unpaired) electrons. The lowest BCUT2D eigenvalue weighted by Gasteiger charge is -2.18. The largest absolute Gasteiger partial charge is 0.360 e. The molecule has 31 heavy (non-hydrogen) atoms. The molecule has 13 heteroatoms. The molecule has 1 aromatic carbocycles. The molecule has 0 aliphatic carbocycles. The maximum atomic E-state index is 12.6. The van der Waals surface area contributed by atoms with Crippen molar-refractivity contribution in [3.05, 3.63) is 36.1 Å². The molecule has 0 bridgehead atoms. The zero-order chi connectivity index (χ0) is 23.2. The Labute approximate surface area is 179 Å². The minimum absolute atomic E-state index is 0.0433. The van der Waals surface area contributed by atoms with Gasteiger partial charge in [0.05, 0.1) is 27.8 Å². The van der Waals surface area contributed by atoms with E-state index in [1.54, 1.807) is 6.92 Å². The molecule has 0 saturated carbocycles. The summed E-state index contributed by atoms with van der Waals surface area (Å²) >= 11 is 0.